The smallest absolute Gasteiger partial charge is 0.231 e. The van der Waals surface area contributed by atoms with Crippen molar-refractivity contribution in [3.05, 3.63) is 46.5 Å². The van der Waals surface area contributed by atoms with Crippen LogP contribution in [0.15, 0.2) is 24.3 Å². The Morgan fingerprint density at radius 3 is 2.63 bits per heavy atom. The molecule has 0 amide bonds. The van der Waals surface area contributed by atoms with Gasteiger partial charge in [0.1, 0.15) is 0 Å². The van der Waals surface area contributed by atoms with Crippen LogP contribution in [0.5, 0.6) is 23.0 Å². The van der Waals surface area contributed by atoms with Crippen LogP contribution in [-0.4, -0.2) is 36.7 Å². The van der Waals surface area contributed by atoms with Crippen molar-refractivity contribution in [2.75, 3.05) is 20.6 Å². The molecule has 0 bridgehead atoms. The zero-order chi connectivity index (χ0) is 18.3. The maximum absolute atomic E-state index is 11.3. The molecule has 1 aliphatic carbocycles. The second kappa shape index (κ2) is 5.09. The second-order valence-corrected chi connectivity index (χ2v) is 8.05. The fourth-order valence-electron chi connectivity index (χ4n) is 5.41. The molecule has 2 aromatic rings. The van der Waals surface area contributed by atoms with E-state index in [9.17, 15) is 5.11 Å². The summed E-state index contributed by atoms with van der Waals surface area (Å²) in [6, 6.07) is 8.24. The van der Waals surface area contributed by atoms with Gasteiger partial charge in [-0.15, -0.1) is 0 Å². The molecular formula is C21H21NO5. The summed E-state index contributed by atoms with van der Waals surface area (Å²) in [6.45, 7) is 3.41. The van der Waals surface area contributed by atoms with Gasteiger partial charge < -0.3 is 24.1 Å². The third kappa shape index (κ3) is 1.87. The van der Waals surface area contributed by atoms with Gasteiger partial charge >= 0.3 is 0 Å². The number of ether oxygens (including phenoxy) is 4. The van der Waals surface area contributed by atoms with E-state index >= 15 is 0 Å². The number of fused-ring (bicyclic) bond motifs is 8. The maximum atomic E-state index is 11.3. The van der Waals surface area contributed by atoms with Crippen molar-refractivity contribution in [2.24, 2.45) is 0 Å². The molecule has 6 rings (SSSR count). The van der Waals surface area contributed by atoms with Crippen LogP contribution in [0.4, 0.5) is 0 Å². The minimum atomic E-state index is -0.516. The molecule has 0 radical (unpaired) electrons. The molecule has 6 heteroatoms. The molecule has 0 spiro atoms. The molecule has 27 heavy (non-hydrogen) atoms. The fourth-order valence-corrected chi connectivity index (χ4v) is 5.41. The van der Waals surface area contributed by atoms with Crippen LogP contribution in [0.3, 0.4) is 0 Å². The SMILES string of the molecule is CN1Cc2c(ccc3c2OCO3)[C@@]2(C)[C@H](O)Cc3cc4c(cc3[C@H]12)OCO4. The van der Waals surface area contributed by atoms with Crippen molar-refractivity contribution in [1.82, 2.24) is 4.90 Å². The number of aliphatic hydroxyl groups is 1. The van der Waals surface area contributed by atoms with Crippen LogP contribution in [0.1, 0.15) is 35.2 Å². The van der Waals surface area contributed by atoms with Crippen molar-refractivity contribution in [3.8, 4) is 23.0 Å². The highest BCUT2D eigenvalue weighted by atomic mass is 16.7. The summed E-state index contributed by atoms with van der Waals surface area (Å²) >= 11 is 0. The minimum Gasteiger partial charge on any atom is -0.454 e. The number of aliphatic hydroxyl groups excluding tert-OH is 1. The summed E-state index contributed by atoms with van der Waals surface area (Å²) in [4.78, 5) is 2.30. The number of benzene rings is 2. The van der Waals surface area contributed by atoms with Crippen LogP contribution in [0.25, 0.3) is 0 Å². The summed E-state index contributed by atoms with van der Waals surface area (Å²) in [5, 5.41) is 11.3. The summed E-state index contributed by atoms with van der Waals surface area (Å²) in [6.07, 6.45) is 0.0676. The van der Waals surface area contributed by atoms with E-state index in [1.165, 1.54) is 5.56 Å². The molecule has 3 heterocycles. The Bertz CT molecular complexity index is 974. The van der Waals surface area contributed by atoms with Gasteiger partial charge in [-0.05, 0) is 48.4 Å². The lowest BCUT2D eigenvalue weighted by molar-refractivity contribution is -0.000315. The van der Waals surface area contributed by atoms with Gasteiger partial charge in [0.05, 0.1) is 6.10 Å². The van der Waals surface area contributed by atoms with Crippen molar-refractivity contribution in [3.63, 3.8) is 0 Å². The van der Waals surface area contributed by atoms with Crippen LogP contribution in [0.2, 0.25) is 0 Å². The number of rotatable bonds is 0. The molecule has 6 nitrogen and oxygen atoms in total. The van der Waals surface area contributed by atoms with Crippen LogP contribution < -0.4 is 18.9 Å². The van der Waals surface area contributed by atoms with E-state index in [4.69, 9.17) is 18.9 Å². The van der Waals surface area contributed by atoms with Crippen LogP contribution in [-0.2, 0) is 18.4 Å². The first kappa shape index (κ1) is 15.6. The molecule has 0 saturated carbocycles. The van der Waals surface area contributed by atoms with E-state index in [0.717, 1.165) is 46.2 Å². The number of nitrogens with zero attached hydrogens (tertiary/aromatic N) is 1. The standard InChI is InChI=1S/C21H21NO5/c1-21-14-3-4-15-19(27-10-24-15)13(14)8-22(2)20(21)12-7-17-16(25-9-26-17)5-11(12)6-18(21)23/h3-5,7,18,20,23H,6,8-10H2,1-2H3/t18-,20+,21+/m1/s1. The second-order valence-electron chi connectivity index (χ2n) is 8.05. The van der Waals surface area contributed by atoms with Gasteiger partial charge in [-0.2, -0.15) is 0 Å². The molecule has 0 aromatic heterocycles. The van der Waals surface area contributed by atoms with E-state index in [2.05, 4.69) is 31.0 Å². The normalized spacial score (nSPS) is 29.9. The first-order chi connectivity index (χ1) is 13.1. The molecule has 0 unspecified atom stereocenters. The molecule has 0 fully saturated rings. The fraction of sp³-hybridized carbons (Fsp3) is 0.429. The topological polar surface area (TPSA) is 60.4 Å². The Morgan fingerprint density at radius 2 is 1.78 bits per heavy atom. The lowest BCUT2D eigenvalue weighted by atomic mass is 9.60. The van der Waals surface area contributed by atoms with Crippen molar-refractivity contribution < 1.29 is 24.1 Å². The Morgan fingerprint density at radius 1 is 1.04 bits per heavy atom. The lowest BCUT2D eigenvalue weighted by Gasteiger charge is -2.53. The van der Waals surface area contributed by atoms with E-state index in [0.29, 0.717) is 6.42 Å². The highest BCUT2D eigenvalue weighted by molar-refractivity contribution is 5.59. The minimum absolute atomic E-state index is 0.0404. The van der Waals surface area contributed by atoms with Gasteiger partial charge in [-0.1, -0.05) is 13.0 Å². The van der Waals surface area contributed by atoms with E-state index in [1.54, 1.807) is 0 Å². The molecule has 0 saturated heterocycles. The Kier molecular flexibility index (Phi) is 2.94. The van der Waals surface area contributed by atoms with Gasteiger partial charge in [-0.25, -0.2) is 0 Å². The number of hydrogen-bond donors (Lipinski definition) is 1. The van der Waals surface area contributed by atoms with Crippen molar-refractivity contribution >= 4 is 0 Å². The molecule has 3 aliphatic heterocycles. The van der Waals surface area contributed by atoms with Gasteiger partial charge in [0.2, 0.25) is 13.6 Å². The maximum Gasteiger partial charge on any atom is 0.231 e. The predicted molar refractivity (Wildman–Crippen MR) is 96.4 cm³/mol. The Labute approximate surface area is 157 Å². The third-order valence-corrected chi connectivity index (χ3v) is 6.67. The summed E-state index contributed by atoms with van der Waals surface area (Å²) in [7, 11) is 2.10. The van der Waals surface area contributed by atoms with Crippen molar-refractivity contribution in [2.45, 2.75) is 37.5 Å². The largest absolute Gasteiger partial charge is 0.454 e. The molecule has 1 N–H and O–H groups in total. The molecule has 140 valence electrons. The Balaban J connectivity index is 1.58. The zero-order valence-electron chi connectivity index (χ0n) is 15.3. The first-order valence-corrected chi connectivity index (χ1v) is 9.30. The Hall–Kier alpha value is -2.44. The molecule has 3 atom stereocenters. The van der Waals surface area contributed by atoms with E-state index in [1.807, 2.05) is 12.1 Å². The molecular weight excluding hydrogens is 346 g/mol. The van der Waals surface area contributed by atoms with Gasteiger partial charge in [0.25, 0.3) is 0 Å². The predicted octanol–water partition coefficient (Wildman–Crippen LogP) is 2.51. The summed E-state index contributed by atoms with van der Waals surface area (Å²) in [5.41, 5.74) is 4.15. The number of hydrogen-bond acceptors (Lipinski definition) is 6. The van der Waals surface area contributed by atoms with Crippen LogP contribution >= 0.6 is 0 Å². The average molecular weight is 367 g/mol. The first-order valence-electron chi connectivity index (χ1n) is 9.30. The highest BCUT2D eigenvalue weighted by Gasteiger charge is 2.53. The summed E-state index contributed by atoms with van der Waals surface area (Å²) < 4.78 is 22.5. The van der Waals surface area contributed by atoms with Gasteiger partial charge in [0, 0.05) is 23.6 Å². The lowest BCUT2D eigenvalue weighted by Crippen LogP contribution is -2.55. The number of likely N-dealkylation sites (N-methyl/N-ethyl adjacent to an activating group) is 1. The summed E-state index contributed by atoms with van der Waals surface area (Å²) in [5.74, 6) is 3.17. The average Bonchev–Trinajstić information content (AvgIpc) is 3.29. The molecule has 2 aromatic carbocycles. The van der Waals surface area contributed by atoms with Crippen LogP contribution in [0, 0.1) is 0 Å². The quantitative estimate of drug-likeness (QED) is 0.772. The van der Waals surface area contributed by atoms with Gasteiger partial charge in [0.15, 0.2) is 23.0 Å². The molecule has 4 aliphatic rings. The highest BCUT2D eigenvalue weighted by Crippen LogP contribution is 2.57. The monoisotopic (exact) mass is 367 g/mol. The third-order valence-electron chi connectivity index (χ3n) is 6.67. The zero-order valence-corrected chi connectivity index (χ0v) is 15.3. The van der Waals surface area contributed by atoms with Gasteiger partial charge in [-0.3, -0.25) is 4.90 Å². The van der Waals surface area contributed by atoms with E-state index in [-0.39, 0.29) is 19.6 Å². The van der Waals surface area contributed by atoms with E-state index < -0.39 is 11.5 Å². The van der Waals surface area contributed by atoms with Crippen molar-refractivity contribution in [1.29, 1.82) is 0 Å².